The molecule has 2 unspecified atom stereocenters. The van der Waals surface area contributed by atoms with Crippen LogP contribution in [0, 0.1) is 0 Å². The van der Waals surface area contributed by atoms with Crippen LogP contribution >= 0.6 is 0 Å². The van der Waals surface area contributed by atoms with E-state index in [1.54, 1.807) is 11.0 Å². The highest BCUT2D eigenvalue weighted by Gasteiger charge is 2.29. The normalized spacial score (nSPS) is 24.1. The second kappa shape index (κ2) is 4.77. The summed E-state index contributed by atoms with van der Waals surface area (Å²) in [6.45, 7) is 2.90. The lowest BCUT2D eigenvalue weighted by Crippen LogP contribution is -2.49. The fourth-order valence-electron chi connectivity index (χ4n) is 3.06. The average molecular weight is 260 g/mol. The monoisotopic (exact) mass is 260 g/mol. The summed E-state index contributed by atoms with van der Waals surface area (Å²) >= 11 is 0. The topological polar surface area (TPSA) is 72.9 Å². The Morgan fingerprint density at radius 1 is 1.37 bits per heavy atom. The first kappa shape index (κ1) is 12.3. The van der Waals surface area contributed by atoms with Crippen molar-refractivity contribution in [3.8, 4) is 0 Å². The Morgan fingerprint density at radius 2 is 2.21 bits per heavy atom. The number of anilines is 1. The van der Waals surface area contributed by atoms with Gasteiger partial charge in [-0.3, -0.25) is 4.68 Å². The van der Waals surface area contributed by atoms with Crippen LogP contribution < -0.4 is 10.6 Å². The number of rotatable bonds is 2. The van der Waals surface area contributed by atoms with Crippen LogP contribution in [0.5, 0.6) is 0 Å². The third-order valence-corrected chi connectivity index (χ3v) is 4.05. The summed E-state index contributed by atoms with van der Waals surface area (Å²) < 4.78 is 1.78. The molecule has 1 saturated heterocycles. The molecule has 2 atom stereocenters. The summed E-state index contributed by atoms with van der Waals surface area (Å²) in [5.74, 6) is 0.973. The molecular formula is C13H20N6. The highest BCUT2D eigenvalue weighted by atomic mass is 15.3. The van der Waals surface area contributed by atoms with Crippen LogP contribution in [0.4, 0.5) is 5.82 Å². The Labute approximate surface area is 112 Å². The van der Waals surface area contributed by atoms with Gasteiger partial charge in [0.05, 0.1) is 11.6 Å². The summed E-state index contributed by atoms with van der Waals surface area (Å²) in [5.41, 5.74) is 6.81. The van der Waals surface area contributed by atoms with Gasteiger partial charge in [-0.1, -0.05) is 0 Å². The predicted octanol–water partition coefficient (Wildman–Crippen LogP) is 1.07. The molecular weight excluding hydrogens is 240 g/mol. The number of nitrogens with two attached hydrogens (primary N) is 1. The molecule has 19 heavy (non-hydrogen) atoms. The van der Waals surface area contributed by atoms with Gasteiger partial charge in [0.2, 0.25) is 0 Å². The van der Waals surface area contributed by atoms with Gasteiger partial charge >= 0.3 is 0 Å². The van der Waals surface area contributed by atoms with Gasteiger partial charge in [-0.15, -0.1) is 0 Å². The Bertz CT molecular complexity index is 578. The van der Waals surface area contributed by atoms with Gasteiger partial charge in [0, 0.05) is 25.7 Å². The zero-order valence-corrected chi connectivity index (χ0v) is 11.5. The van der Waals surface area contributed by atoms with Gasteiger partial charge in [0.25, 0.3) is 0 Å². The van der Waals surface area contributed by atoms with Crippen LogP contribution in [0.15, 0.2) is 12.5 Å². The molecule has 2 aromatic rings. The van der Waals surface area contributed by atoms with Crippen LogP contribution in [0.1, 0.15) is 26.2 Å². The second-order valence-electron chi connectivity index (χ2n) is 5.28. The van der Waals surface area contributed by atoms with Crippen molar-refractivity contribution in [2.45, 2.75) is 38.3 Å². The molecule has 1 aliphatic heterocycles. The van der Waals surface area contributed by atoms with Gasteiger partial charge in [-0.05, 0) is 26.2 Å². The largest absolute Gasteiger partial charge is 0.349 e. The average Bonchev–Trinajstić information content (AvgIpc) is 2.80. The van der Waals surface area contributed by atoms with Crippen LogP contribution in [0.3, 0.4) is 0 Å². The summed E-state index contributed by atoms with van der Waals surface area (Å²) in [5, 5.41) is 5.29. The lowest BCUT2D eigenvalue weighted by molar-refractivity contribution is 0.398. The van der Waals surface area contributed by atoms with Crippen LogP contribution in [-0.2, 0) is 7.05 Å². The Morgan fingerprint density at radius 3 is 3.00 bits per heavy atom. The molecule has 0 amide bonds. The molecule has 1 fully saturated rings. The number of aryl methyl sites for hydroxylation is 1. The van der Waals surface area contributed by atoms with Crippen molar-refractivity contribution in [3.05, 3.63) is 12.5 Å². The lowest BCUT2D eigenvalue weighted by Gasteiger charge is -2.41. The third-order valence-electron chi connectivity index (χ3n) is 4.05. The first-order valence-electron chi connectivity index (χ1n) is 6.83. The summed E-state index contributed by atoms with van der Waals surface area (Å²) in [6, 6.07) is 0.822. The number of nitrogens with zero attached hydrogens (tertiary/aromatic N) is 5. The van der Waals surface area contributed by atoms with Crippen molar-refractivity contribution in [1.82, 2.24) is 19.7 Å². The van der Waals surface area contributed by atoms with E-state index in [2.05, 4.69) is 26.9 Å². The number of fused-ring (bicyclic) bond motifs is 1. The van der Waals surface area contributed by atoms with E-state index in [-0.39, 0.29) is 0 Å². The molecule has 102 valence electrons. The van der Waals surface area contributed by atoms with Crippen molar-refractivity contribution < 1.29 is 0 Å². The SMILES string of the molecule is CC1CCCC(CN)N1c1ncnc2c1cnn2C. The van der Waals surface area contributed by atoms with E-state index in [0.29, 0.717) is 18.6 Å². The molecule has 0 radical (unpaired) electrons. The van der Waals surface area contributed by atoms with Gasteiger partial charge in [-0.2, -0.15) is 5.10 Å². The van der Waals surface area contributed by atoms with Gasteiger partial charge < -0.3 is 10.6 Å². The van der Waals surface area contributed by atoms with E-state index in [1.165, 1.54) is 12.8 Å². The number of aromatic nitrogens is 4. The number of hydrogen-bond donors (Lipinski definition) is 1. The molecule has 2 aromatic heterocycles. The molecule has 2 N–H and O–H groups in total. The van der Waals surface area contributed by atoms with Crippen molar-refractivity contribution >= 4 is 16.9 Å². The summed E-state index contributed by atoms with van der Waals surface area (Å²) in [7, 11) is 1.90. The quantitative estimate of drug-likeness (QED) is 0.874. The maximum Gasteiger partial charge on any atom is 0.163 e. The Balaban J connectivity index is 2.11. The van der Waals surface area contributed by atoms with E-state index < -0.39 is 0 Å². The van der Waals surface area contributed by atoms with Crippen molar-refractivity contribution in [1.29, 1.82) is 0 Å². The van der Waals surface area contributed by atoms with Crippen molar-refractivity contribution in [3.63, 3.8) is 0 Å². The molecule has 0 saturated carbocycles. The maximum absolute atomic E-state index is 5.94. The zero-order valence-electron chi connectivity index (χ0n) is 11.5. The number of hydrogen-bond acceptors (Lipinski definition) is 5. The molecule has 0 aromatic carbocycles. The molecule has 6 heteroatoms. The fraction of sp³-hybridized carbons (Fsp3) is 0.615. The minimum Gasteiger partial charge on any atom is -0.349 e. The molecule has 0 spiro atoms. The van der Waals surface area contributed by atoms with E-state index in [4.69, 9.17) is 5.73 Å². The smallest absolute Gasteiger partial charge is 0.163 e. The van der Waals surface area contributed by atoms with E-state index in [1.807, 2.05) is 13.2 Å². The van der Waals surface area contributed by atoms with E-state index in [9.17, 15) is 0 Å². The molecule has 1 aliphatic rings. The van der Waals surface area contributed by atoms with Crippen molar-refractivity contribution in [2.24, 2.45) is 12.8 Å². The minimum absolute atomic E-state index is 0.363. The van der Waals surface area contributed by atoms with Crippen LogP contribution in [0.2, 0.25) is 0 Å². The molecule has 3 heterocycles. The second-order valence-corrected chi connectivity index (χ2v) is 5.28. The highest BCUT2D eigenvalue weighted by Crippen LogP contribution is 2.31. The van der Waals surface area contributed by atoms with E-state index in [0.717, 1.165) is 23.3 Å². The van der Waals surface area contributed by atoms with Gasteiger partial charge in [0.1, 0.15) is 12.1 Å². The summed E-state index contributed by atoms with van der Waals surface area (Å²) in [6.07, 6.45) is 7.02. The summed E-state index contributed by atoms with van der Waals surface area (Å²) in [4.78, 5) is 11.2. The first-order chi connectivity index (χ1) is 9.22. The van der Waals surface area contributed by atoms with Gasteiger partial charge in [-0.25, -0.2) is 9.97 Å². The lowest BCUT2D eigenvalue weighted by atomic mass is 9.96. The molecule has 0 bridgehead atoms. The highest BCUT2D eigenvalue weighted by molar-refractivity contribution is 5.87. The molecule has 3 rings (SSSR count). The number of piperidine rings is 1. The first-order valence-corrected chi connectivity index (χ1v) is 6.83. The molecule has 6 nitrogen and oxygen atoms in total. The Kier molecular flexibility index (Phi) is 3.10. The predicted molar refractivity (Wildman–Crippen MR) is 74.9 cm³/mol. The van der Waals surface area contributed by atoms with Gasteiger partial charge in [0.15, 0.2) is 5.65 Å². The van der Waals surface area contributed by atoms with E-state index >= 15 is 0 Å². The van der Waals surface area contributed by atoms with Crippen molar-refractivity contribution in [2.75, 3.05) is 11.4 Å². The Hall–Kier alpha value is -1.69. The molecule has 0 aliphatic carbocycles. The maximum atomic E-state index is 5.94. The zero-order chi connectivity index (χ0) is 13.4. The van der Waals surface area contributed by atoms with Crippen LogP contribution in [0.25, 0.3) is 11.0 Å². The minimum atomic E-state index is 0.363. The van der Waals surface area contributed by atoms with Crippen LogP contribution in [-0.4, -0.2) is 38.4 Å². The third kappa shape index (κ3) is 1.96. The standard InChI is InChI=1S/C13H20N6/c1-9-4-3-5-10(6-14)19(9)13-11-7-17-18(2)12(11)15-8-16-13/h7-10H,3-6,14H2,1-2H3. The fourth-order valence-corrected chi connectivity index (χ4v) is 3.06.